The molecular formula is C23H21ClF4N2O3. The third kappa shape index (κ3) is 3.73. The number of halogens is 5. The van der Waals surface area contributed by atoms with Crippen molar-refractivity contribution in [1.29, 1.82) is 0 Å². The number of aromatic amines is 1. The van der Waals surface area contributed by atoms with Crippen molar-refractivity contribution >= 4 is 28.2 Å². The van der Waals surface area contributed by atoms with Gasteiger partial charge < -0.3 is 20.5 Å². The normalized spacial score (nSPS) is 22.9. The molecule has 4 rings (SSSR count). The van der Waals surface area contributed by atoms with Gasteiger partial charge in [0.1, 0.15) is 11.6 Å². The molecule has 0 unspecified atom stereocenters. The molecule has 1 heterocycles. The first kappa shape index (κ1) is 23.4. The summed E-state index contributed by atoms with van der Waals surface area (Å²) in [4.78, 5) is 14.1. The van der Waals surface area contributed by atoms with Gasteiger partial charge in [-0.2, -0.15) is 13.2 Å². The van der Waals surface area contributed by atoms with Crippen molar-refractivity contribution in [3.8, 4) is 5.75 Å². The predicted molar refractivity (Wildman–Crippen MR) is 117 cm³/mol. The van der Waals surface area contributed by atoms with Gasteiger partial charge >= 0.3 is 6.18 Å². The van der Waals surface area contributed by atoms with Crippen LogP contribution in [0.15, 0.2) is 35.1 Å². The van der Waals surface area contributed by atoms with Crippen LogP contribution in [0.3, 0.4) is 0 Å². The SMILES string of the molecule is CC[C@@H]1C[C@](O)(C(F)(F)F)[C@@H](Nc2cc(F)cc3[nH]c(=O)ccc23)c2cc(Cl)c(C)c(O)c21. The van der Waals surface area contributed by atoms with E-state index in [1.54, 1.807) is 13.8 Å². The minimum atomic E-state index is -5.06. The quantitative estimate of drug-likeness (QED) is 0.360. The number of hydrogen-bond donors (Lipinski definition) is 4. The molecule has 0 bridgehead atoms. The number of aliphatic hydroxyl groups is 1. The van der Waals surface area contributed by atoms with Crippen molar-refractivity contribution in [2.24, 2.45) is 0 Å². The summed E-state index contributed by atoms with van der Waals surface area (Å²) in [7, 11) is 0. The number of anilines is 1. The molecule has 3 aromatic rings. The maximum absolute atomic E-state index is 14.3. The van der Waals surface area contributed by atoms with Crippen LogP contribution in [-0.2, 0) is 0 Å². The Hall–Kier alpha value is -2.78. The number of aromatic hydroxyl groups is 1. The lowest BCUT2D eigenvalue weighted by atomic mass is 9.68. The van der Waals surface area contributed by atoms with Crippen LogP contribution in [0.5, 0.6) is 5.75 Å². The van der Waals surface area contributed by atoms with Crippen LogP contribution in [-0.4, -0.2) is 27.0 Å². The molecule has 33 heavy (non-hydrogen) atoms. The minimum absolute atomic E-state index is 0.0251. The highest BCUT2D eigenvalue weighted by atomic mass is 35.5. The zero-order valence-electron chi connectivity index (χ0n) is 17.6. The van der Waals surface area contributed by atoms with Crippen molar-refractivity contribution in [3.05, 3.63) is 68.2 Å². The maximum Gasteiger partial charge on any atom is 0.419 e. The molecule has 176 valence electrons. The van der Waals surface area contributed by atoms with E-state index in [0.29, 0.717) is 5.56 Å². The van der Waals surface area contributed by atoms with Crippen LogP contribution in [0.4, 0.5) is 23.2 Å². The highest BCUT2D eigenvalue weighted by Crippen LogP contribution is 2.56. The summed E-state index contributed by atoms with van der Waals surface area (Å²) in [5, 5.41) is 24.7. The van der Waals surface area contributed by atoms with Crippen LogP contribution < -0.4 is 10.9 Å². The van der Waals surface area contributed by atoms with Crippen molar-refractivity contribution in [3.63, 3.8) is 0 Å². The highest BCUT2D eigenvalue weighted by molar-refractivity contribution is 6.31. The third-order valence-corrected chi connectivity index (χ3v) is 6.80. The Bertz CT molecular complexity index is 1310. The molecule has 10 heteroatoms. The summed E-state index contributed by atoms with van der Waals surface area (Å²) >= 11 is 6.20. The topological polar surface area (TPSA) is 85.4 Å². The molecular weight excluding hydrogens is 464 g/mol. The molecule has 5 nitrogen and oxygen atoms in total. The summed E-state index contributed by atoms with van der Waals surface area (Å²) in [6.07, 6.45) is -5.53. The van der Waals surface area contributed by atoms with Gasteiger partial charge in [-0.05, 0) is 55.5 Å². The number of phenols is 1. The van der Waals surface area contributed by atoms with Gasteiger partial charge in [-0.25, -0.2) is 4.39 Å². The smallest absolute Gasteiger partial charge is 0.419 e. The molecule has 0 fully saturated rings. The molecule has 4 N–H and O–H groups in total. The van der Waals surface area contributed by atoms with Gasteiger partial charge in [0.2, 0.25) is 5.56 Å². The number of fused-ring (bicyclic) bond motifs is 2. The van der Waals surface area contributed by atoms with E-state index in [0.717, 1.165) is 18.2 Å². The molecule has 2 aromatic carbocycles. The highest BCUT2D eigenvalue weighted by Gasteiger charge is 2.62. The summed E-state index contributed by atoms with van der Waals surface area (Å²) < 4.78 is 57.2. The molecule has 1 aliphatic carbocycles. The number of nitrogens with one attached hydrogen (secondary N) is 2. The number of H-pyrrole nitrogens is 1. The Morgan fingerprint density at radius 2 is 1.97 bits per heavy atom. The first-order valence-corrected chi connectivity index (χ1v) is 10.6. The molecule has 3 atom stereocenters. The Kier molecular flexibility index (Phi) is 5.61. The average molecular weight is 485 g/mol. The van der Waals surface area contributed by atoms with Crippen molar-refractivity contribution in [2.45, 2.75) is 50.4 Å². The summed E-state index contributed by atoms with van der Waals surface area (Å²) in [6, 6.07) is 4.03. The third-order valence-electron chi connectivity index (χ3n) is 6.40. The first-order valence-electron chi connectivity index (χ1n) is 10.3. The van der Waals surface area contributed by atoms with Gasteiger partial charge in [0, 0.05) is 33.3 Å². The predicted octanol–water partition coefficient (Wildman–Crippen LogP) is 5.68. The van der Waals surface area contributed by atoms with E-state index in [4.69, 9.17) is 11.6 Å². The number of alkyl halides is 3. The second kappa shape index (κ2) is 7.92. The van der Waals surface area contributed by atoms with E-state index < -0.39 is 41.5 Å². The number of aromatic nitrogens is 1. The summed E-state index contributed by atoms with van der Waals surface area (Å²) in [5.74, 6) is -1.82. The summed E-state index contributed by atoms with van der Waals surface area (Å²) in [6.45, 7) is 3.22. The van der Waals surface area contributed by atoms with Crippen molar-refractivity contribution in [2.75, 3.05) is 5.32 Å². The molecule has 0 saturated carbocycles. The van der Waals surface area contributed by atoms with Crippen LogP contribution in [0.25, 0.3) is 10.9 Å². The standard InChI is InChI=1S/C23H21ClF4N2O3/c1-3-11-9-22(33,23(26,27)28)21(14-8-15(24)10(2)20(32)19(11)14)30-17-7-12(25)6-16-13(17)4-5-18(31)29-16/h4-8,11,21,30,32-33H,3,9H2,1-2H3,(H,29,31)/t11-,21+,22-/m1/s1. The van der Waals surface area contributed by atoms with E-state index in [1.165, 1.54) is 12.1 Å². The lowest BCUT2D eigenvalue weighted by Gasteiger charge is -2.46. The van der Waals surface area contributed by atoms with Crippen LogP contribution in [0.2, 0.25) is 5.02 Å². The maximum atomic E-state index is 14.3. The van der Waals surface area contributed by atoms with Gasteiger partial charge in [0.05, 0.1) is 11.6 Å². The lowest BCUT2D eigenvalue weighted by Crippen LogP contribution is -2.55. The van der Waals surface area contributed by atoms with Crippen molar-refractivity contribution < 1.29 is 27.8 Å². The minimum Gasteiger partial charge on any atom is -0.507 e. The van der Waals surface area contributed by atoms with Crippen LogP contribution in [0.1, 0.15) is 48.4 Å². The fourth-order valence-corrected chi connectivity index (χ4v) is 4.84. The second-order valence-electron chi connectivity index (χ2n) is 8.38. The first-order chi connectivity index (χ1) is 15.4. The van der Waals surface area contributed by atoms with E-state index in [1.807, 2.05) is 0 Å². The van der Waals surface area contributed by atoms with Gasteiger partial charge in [0.25, 0.3) is 0 Å². The van der Waals surface area contributed by atoms with Crippen molar-refractivity contribution in [1.82, 2.24) is 4.98 Å². The Labute approximate surface area is 191 Å². The molecule has 0 amide bonds. The zero-order chi connectivity index (χ0) is 24.3. The molecule has 0 spiro atoms. The fraction of sp³-hybridized carbons (Fsp3) is 0.348. The van der Waals surface area contributed by atoms with Crippen LogP contribution >= 0.6 is 11.6 Å². The lowest BCUT2D eigenvalue weighted by molar-refractivity contribution is -0.272. The molecule has 1 aromatic heterocycles. The number of pyridine rings is 1. The van der Waals surface area contributed by atoms with Gasteiger partial charge in [-0.1, -0.05) is 18.5 Å². The number of benzene rings is 2. The molecule has 0 saturated heterocycles. The van der Waals surface area contributed by atoms with E-state index in [-0.39, 0.29) is 44.9 Å². The van der Waals surface area contributed by atoms with Gasteiger partial charge in [0.15, 0.2) is 5.60 Å². The number of rotatable bonds is 3. The fourth-order valence-electron chi connectivity index (χ4n) is 4.63. The zero-order valence-corrected chi connectivity index (χ0v) is 18.4. The van der Waals surface area contributed by atoms with E-state index in [9.17, 15) is 32.6 Å². The van der Waals surface area contributed by atoms with Gasteiger partial charge in [-0.3, -0.25) is 4.79 Å². The second-order valence-corrected chi connectivity index (χ2v) is 8.79. The average Bonchev–Trinajstić information content (AvgIpc) is 2.72. The Morgan fingerprint density at radius 1 is 1.27 bits per heavy atom. The van der Waals surface area contributed by atoms with E-state index in [2.05, 4.69) is 10.3 Å². The van der Waals surface area contributed by atoms with Crippen LogP contribution in [0, 0.1) is 12.7 Å². The summed E-state index contributed by atoms with van der Waals surface area (Å²) in [5.41, 5.74) is -3.18. The molecule has 1 aliphatic rings. The number of phenolic OH excluding ortho intramolecular Hbond substituents is 1. The van der Waals surface area contributed by atoms with Gasteiger partial charge in [-0.15, -0.1) is 0 Å². The molecule has 0 aliphatic heterocycles. The Balaban J connectivity index is 1.99. The van der Waals surface area contributed by atoms with E-state index >= 15 is 0 Å². The molecule has 0 radical (unpaired) electrons. The largest absolute Gasteiger partial charge is 0.507 e. The number of hydrogen-bond acceptors (Lipinski definition) is 4. The Morgan fingerprint density at radius 3 is 2.61 bits per heavy atom. The monoisotopic (exact) mass is 484 g/mol.